The minimum Gasteiger partial charge on any atom is -0.350 e. The average molecular weight is 304 g/mol. The van der Waals surface area contributed by atoms with E-state index < -0.39 is 0 Å². The van der Waals surface area contributed by atoms with Gasteiger partial charge in [-0.15, -0.1) is 0 Å². The van der Waals surface area contributed by atoms with Crippen LogP contribution in [0.3, 0.4) is 0 Å². The highest BCUT2D eigenvalue weighted by atomic mass is 16.7. The quantitative estimate of drug-likeness (QED) is 0.594. The molecular formula is C20H32O2. The standard InChI is InChI=1S/C20H32O2/c1-4-6-8-9-17-10-12-18(13-11-17)19-15-21-20(3,22-16-19)14-7-5-2/h10-13,19H,4-9,14-16H2,1-3H3. The molecule has 0 unspecified atom stereocenters. The highest BCUT2D eigenvalue weighted by molar-refractivity contribution is 5.26. The molecule has 1 aliphatic heterocycles. The van der Waals surface area contributed by atoms with Gasteiger partial charge in [0.1, 0.15) is 0 Å². The number of ether oxygens (including phenoxy) is 2. The van der Waals surface area contributed by atoms with E-state index in [1.165, 1.54) is 43.2 Å². The Hall–Kier alpha value is -0.860. The van der Waals surface area contributed by atoms with Crippen LogP contribution in [0.15, 0.2) is 24.3 Å². The minimum atomic E-state index is -0.368. The maximum absolute atomic E-state index is 6.02. The summed E-state index contributed by atoms with van der Waals surface area (Å²) in [5.41, 5.74) is 2.79. The van der Waals surface area contributed by atoms with E-state index in [0.717, 1.165) is 26.1 Å². The van der Waals surface area contributed by atoms with Crippen molar-refractivity contribution >= 4 is 0 Å². The lowest BCUT2D eigenvalue weighted by Gasteiger charge is -2.38. The van der Waals surface area contributed by atoms with E-state index in [-0.39, 0.29) is 5.79 Å². The largest absolute Gasteiger partial charge is 0.350 e. The van der Waals surface area contributed by atoms with Crippen LogP contribution >= 0.6 is 0 Å². The molecule has 1 saturated heterocycles. The van der Waals surface area contributed by atoms with Gasteiger partial charge in [0.05, 0.1) is 13.2 Å². The summed E-state index contributed by atoms with van der Waals surface area (Å²) < 4.78 is 12.0. The first-order valence-corrected chi connectivity index (χ1v) is 9.03. The Morgan fingerprint density at radius 2 is 1.59 bits per heavy atom. The smallest absolute Gasteiger partial charge is 0.165 e. The van der Waals surface area contributed by atoms with Gasteiger partial charge in [-0.1, -0.05) is 57.4 Å². The highest BCUT2D eigenvalue weighted by Crippen LogP contribution is 2.31. The van der Waals surface area contributed by atoms with Gasteiger partial charge in [0.2, 0.25) is 0 Å². The lowest BCUT2D eigenvalue weighted by molar-refractivity contribution is -0.265. The van der Waals surface area contributed by atoms with Crippen molar-refractivity contribution in [1.29, 1.82) is 0 Å². The Kier molecular flexibility index (Phi) is 6.91. The van der Waals surface area contributed by atoms with Gasteiger partial charge in [-0.25, -0.2) is 0 Å². The molecule has 1 heterocycles. The molecule has 22 heavy (non-hydrogen) atoms. The zero-order valence-corrected chi connectivity index (χ0v) is 14.6. The number of aryl methyl sites for hydroxylation is 1. The molecule has 1 fully saturated rings. The van der Waals surface area contributed by atoms with Crippen LogP contribution < -0.4 is 0 Å². The van der Waals surface area contributed by atoms with Crippen molar-refractivity contribution in [2.24, 2.45) is 0 Å². The fourth-order valence-corrected chi connectivity index (χ4v) is 3.01. The van der Waals surface area contributed by atoms with E-state index in [4.69, 9.17) is 9.47 Å². The minimum absolute atomic E-state index is 0.368. The normalized spacial score (nSPS) is 25.3. The molecule has 0 aromatic heterocycles. The van der Waals surface area contributed by atoms with Crippen LogP contribution in [0.4, 0.5) is 0 Å². The summed E-state index contributed by atoms with van der Waals surface area (Å²) >= 11 is 0. The number of hydrogen-bond acceptors (Lipinski definition) is 2. The Labute approximate surface area is 136 Å². The molecule has 0 bridgehead atoms. The first kappa shape index (κ1) is 17.5. The number of hydrogen-bond donors (Lipinski definition) is 0. The molecule has 0 saturated carbocycles. The predicted molar refractivity (Wildman–Crippen MR) is 92.2 cm³/mol. The molecular weight excluding hydrogens is 272 g/mol. The van der Waals surface area contributed by atoms with E-state index in [1.807, 2.05) is 0 Å². The molecule has 2 rings (SSSR count). The van der Waals surface area contributed by atoms with Gasteiger partial charge < -0.3 is 9.47 Å². The molecule has 2 heteroatoms. The van der Waals surface area contributed by atoms with Crippen LogP contribution in [-0.4, -0.2) is 19.0 Å². The summed E-state index contributed by atoms with van der Waals surface area (Å²) in [5.74, 6) is 0.00599. The molecule has 0 radical (unpaired) electrons. The third-order valence-corrected chi connectivity index (χ3v) is 4.68. The lowest BCUT2D eigenvalue weighted by Crippen LogP contribution is -2.40. The van der Waals surface area contributed by atoms with Gasteiger partial charge in [-0.2, -0.15) is 0 Å². The average Bonchev–Trinajstić information content (AvgIpc) is 2.55. The van der Waals surface area contributed by atoms with Gasteiger partial charge in [0, 0.05) is 12.3 Å². The summed E-state index contributed by atoms with van der Waals surface area (Å²) in [4.78, 5) is 0. The van der Waals surface area contributed by atoms with Crippen LogP contribution in [-0.2, 0) is 15.9 Å². The lowest BCUT2D eigenvalue weighted by atomic mass is 9.96. The Morgan fingerprint density at radius 1 is 0.955 bits per heavy atom. The van der Waals surface area contributed by atoms with Crippen molar-refractivity contribution in [3.8, 4) is 0 Å². The van der Waals surface area contributed by atoms with Crippen LogP contribution in [0.5, 0.6) is 0 Å². The third kappa shape index (κ3) is 5.10. The Bertz CT molecular complexity index is 416. The number of unbranched alkanes of at least 4 members (excludes halogenated alkanes) is 3. The van der Waals surface area contributed by atoms with Crippen molar-refractivity contribution in [3.05, 3.63) is 35.4 Å². The summed E-state index contributed by atoms with van der Waals surface area (Å²) in [7, 11) is 0. The van der Waals surface area contributed by atoms with Gasteiger partial charge >= 0.3 is 0 Å². The molecule has 0 amide bonds. The Balaban J connectivity index is 1.83. The van der Waals surface area contributed by atoms with E-state index >= 15 is 0 Å². The monoisotopic (exact) mass is 304 g/mol. The molecule has 124 valence electrons. The van der Waals surface area contributed by atoms with E-state index in [9.17, 15) is 0 Å². The fraction of sp³-hybridized carbons (Fsp3) is 0.700. The first-order chi connectivity index (χ1) is 10.7. The van der Waals surface area contributed by atoms with Crippen molar-refractivity contribution in [3.63, 3.8) is 0 Å². The second-order valence-corrected chi connectivity index (χ2v) is 6.75. The van der Waals surface area contributed by atoms with Gasteiger partial charge in [-0.3, -0.25) is 0 Å². The topological polar surface area (TPSA) is 18.5 Å². The van der Waals surface area contributed by atoms with Gasteiger partial charge in [0.15, 0.2) is 5.79 Å². The zero-order chi connectivity index (χ0) is 15.8. The van der Waals surface area contributed by atoms with Crippen molar-refractivity contribution in [1.82, 2.24) is 0 Å². The SMILES string of the molecule is CCCCCc1ccc(C2COC(C)(CCCC)OC2)cc1. The Morgan fingerprint density at radius 3 is 2.18 bits per heavy atom. The van der Waals surface area contributed by atoms with Crippen molar-refractivity contribution in [2.45, 2.75) is 77.4 Å². The summed E-state index contributed by atoms with van der Waals surface area (Å²) in [5, 5.41) is 0. The first-order valence-electron chi connectivity index (χ1n) is 9.03. The van der Waals surface area contributed by atoms with Crippen LogP contribution in [0.2, 0.25) is 0 Å². The summed E-state index contributed by atoms with van der Waals surface area (Å²) in [6.45, 7) is 8.08. The molecule has 1 aromatic rings. The van der Waals surface area contributed by atoms with Crippen LogP contribution in [0.25, 0.3) is 0 Å². The van der Waals surface area contributed by atoms with Crippen molar-refractivity contribution in [2.75, 3.05) is 13.2 Å². The summed E-state index contributed by atoms with van der Waals surface area (Å²) in [6.07, 6.45) is 8.43. The van der Waals surface area contributed by atoms with Crippen LogP contribution in [0.1, 0.15) is 76.3 Å². The maximum Gasteiger partial charge on any atom is 0.165 e. The molecule has 1 aliphatic rings. The molecule has 0 spiro atoms. The summed E-state index contributed by atoms with van der Waals surface area (Å²) in [6, 6.07) is 9.06. The maximum atomic E-state index is 6.02. The fourth-order valence-electron chi connectivity index (χ4n) is 3.01. The second-order valence-electron chi connectivity index (χ2n) is 6.75. The third-order valence-electron chi connectivity index (χ3n) is 4.68. The van der Waals surface area contributed by atoms with E-state index in [2.05, 4.69) is 45.0 Å². The van der Waals surface area contributed by atoms with Crippen LogP contribution in [0, 0.1) is 0 Å². The van der Waals surface area contributed by atoms with E-state index in [0.29, 0.717) is 5.92 Å². The predicted octanol–water partition coefficient (Wildman–Crippen LogP) is 5.46. The van der Waals surface area contributed by atoms with Gasteiger partial charge in [-0.05, 0) is 37.3 Å². The number of rotatable bonds is 8. The molecule has 0 aliphatic carbocycles. The van der Waals surface area contributed by atoms with E-state index in [1.54, 1.807) is 0 Å². The van der Waals surface area contributed by atoms with Crippen molar-refractivity contribution < 1.29 is 9.47 Å². The second kappa shape index (κ2) is 8.69. The molecule has 2 nitrogen and oxygen atoms in total. The molecule has 1 aromatic carbocycles. The zero-order valence-electron chi connectivity index (χ0n) is 14.6. The molecule has 0 N–H and O–H groups in total. The highest BCUT2D eigenvalue weighted by Gasteiger charge is 2.32. The van der Waals surface area contributed by atoms with Gasteiger partial charge in [0.25, 0.3) is 0 Å². The number of benzene rings is 1. The molecule has 0 atom stereocenters.